The summed E-state index contributed by atoms with van der Waals surface area (Å²) in [5, 5.41) is 10.3. The molecule has 27 heavy (non-hydrogen) atoms. The largest absolute Gasteiger partial charge is 0.374 e. The summed E-state index contributed by atoms with van der Waals surface area (Å²) in [4.78, 5) is 14.4. The van der Waals surface area contributed by atoms with Gasteiger partial charge in [0.25, 0.3) is 5.91 Å². The van der Waals surface area contributed by atoms with E-state index >= 15 is 0 Å². The number of carbonyl (C=O) groups excluding carboxylic acids is 1. The summed E-state index contributed by atoms with van der Waals surface area (Å²) in [6, 6.07) is 14.2. The molecule has 0 spiro atoms. The average molecular weight is 405 g/mol. The van der Waals surface area contributed by atoms with Gasteiger partial charge in [0.05, 0.1) is 43.1 Å². The molecule has 0 radical (unpaired) electrons. The highest BCUT2D eigenvalue weighted by Crippen LogP contribution is 2.25. The van der Waals surface area contributed by atoms with E-state index in [0.717, 1.165) is 5.56 Å². The second-order valence-electron chi connectivity index (χ2n) is 6.12. The van der Waals surface area contributed by atoms with Crippen LogP contribution in [0.5, 0.6) is 0 Å². The molecule has 0 aliphatic carbocycles. The summed E-state index contributed by atoms with van der Waals surface area (Å²) < 4.78 is 11.4. The molecule has 7 heteroatoms. The fraction of sp³-hybridized carbons (Fsp3) is 0.300. The second kappa shape index (κ2) is 9.20. The standard InChI is InChI=1S/C20H18Cl2N2O3/c21-18-6-3-7-19(22)17(18)13-26-12-15-11-24(8-9-27-15)20(25)16-5-2-1-4-14(16)10-23/h1-7,15H,8-9,11-13H2. The number of nitriles is 1. The van der Waals surface area contributed by atoms with Crippen LogP contribution >= 0.6 is 23.2 Å². The Morgan fingerprint density at radius 3 is 2.70 bits per heavy atom. The lowest BCUT2D eigenvalue weighted by molar-refractivity contribution is -0.0647. The normalized spacial score (nSPS) is 16.8. The molecule has 0 bridgehead atoms. The Morgan fingerprint density at radius 1 is 1.22 bits per heavy atom. The number of hydrogen-bond acceptors (Lipinski definition) is 4. The van der Waals surface area contributed by atoms with E-state index in [2.05, 4.69) is 6.07 Å². The fourth-order valence-corrected chi connectivity index (χ4v) is 3.41. The Bertz CT molecular complexity index is 846. The van der Waals surface area contributed by atoms with E-state index in [4.69, 9.17) is 32.7 Å². The van der Waals surface area contributed by atoms with E-state index in [-0.39, 0.29) is 18.6 Å². The lowest BCUT2D eigenvalue weighted by Gasteiger charge is -2.33. The lowest BCUT2D eigenvalue weighted by Crippen LogP contribution is -2.47. The molecule has 0 N–H and O–H groups in total. The Kier molecular flexibility index (Phi) is 6.70. The van der Waals surface area contributed by atoms with Crippen LogP contribution in [0.3, 0.4) is 0 Å². The number of halogens is 2. The molecule has 1 heterocycles. The molecule has 5 nitrogen and oxygen atoms in total. The zero-order chi connectivity index (χ0) is 19.2. The Morgan fingerprint density at radius 2 is 1.96 bits per heavy atom. The molecular weight excluding hydrogens is 387 g/mol. The van der Waals surface area contributed by atoms with Gasteiger partial charge in [0.2, 0.25) is 0 Å². The molecule has 1 aliphatic heterocycles. The van der Waals surface area contributed by atoms with Gasteiger partial charge in [-0.25, -0.2) is 0 Å². The number of nitrogens with zero attached hydrogens (tertiary/aromatic N) is 2. The molecule has 1 amide bonds. The predicted octanol–water partition coefficient (Wildman–Crippen LogP) is 3.92. The minimum absolute atomic E-state index is 0.172. The van der Waals surface area contributed by atoms with Crippen LogP contribution in [0.25, 0.3) is 0 Å². The molecule has 2 aromatic carbocycles. The third kappa shape index (κ3) is 4.79. The average Bonchev–Trinajstić information content (AvgIpc) is 2.70. The molecule has 1 saturated heterocycles. The Balaban J connectivity index is 1.58. The summed E-state index contributed by atoms with van der Waals surface area (Å²) in [5.74, 6) is -0.172. The van der Waals surface area contributed by atoms with Crippen LogP contribution in [-0.4, -0.2) is 43.2 Å². The van der Waals surface area contributed by atoms with E-state index < -0.39 is 0 Å². The van der Waals surface area contributed by atoms with Crippen molar-refractivity contribution in [2.24, 2.45) is 0 Å². The van der Waals surface area contributed by atoms with Gasteiger partial charge in [-0.05, 0) is 24.3 Å². The van der Waals surface area contributed by atoms with Gasteiger partial charge in [-0.3, -0.25) is 4.79 Å². The SMILES string of the molecule is N#Cc1ccccc1C(=O)N1CCOC(COCc2c(Cl)cccc2Cl)C1. The van der Waals surface area contributed by atoms with E-state index in [1.54, 1.807) is 47.4 Å². The first kappa shape index (κ1) is 19.7. The number of morpholine rings is 1. The Hall–Kier alpha value is -2.10. The maximum Gasteiger partial charge on any atom is 0.255 e. The number of ether oxygens (including phenoxy) is 2. The van der Waals surface area contributed by atoms with Gasteiger partial charge in [-0.2, -0.15) is 5.26 Å². The maximum atomic E-state index is 12.8. The molecule has 1 atom stereocenters. The highest BCUT2D eigenvalue weighted by atomic mass is 35.5. The Labute approximate surface area is 168 Å². The number of benzene rings is 2. The lowest BCUT2D eigenvalue weighted by atomic mass is 10.1. The summed E-state index contributed by atoms with van der Waals surface area (Å²) in [5.41, 5.74) is 1.51. The smallest absolute Gasteiger partial charge is 0.255 e. The van der Waals surface area contributed by atoms with E-state index in [9.17, 15) is 10.1 Å². The molecule has 1 unspecified atom stereocenters. The number of amides is 1. The van der Waals surface area contributed by atoms with E-state index in [1.807, 2.05) is 0 Å². The predicted molar refractivity (Wildman–Crippen MR) is 103 cm³/mol. The molecule has 0 saturated carbocycles. The van der Waals surface area contributed by atoms with Crippen LogP contribution in [0.2, 0.25) is 10.0 Å². The van der Waals surface area contributed by atoms with E-state index in [0.29, 0.717) is 47.5 Å². The van der Waals surface area contributed by atoms with E-state index in [1.165, 1.54) is 0 Å². The van der Waals surface area contributed by atoms with Gasteiger partial charge in [-0.1, -0.05) is 41.4 Å². The van der Waals surface area contributed by atoms with Crippen molar-refractivity contribution >= 4 is 29.1 Å². The van der Waals surface area contributed by atoms with Crippen LogP contribution in [0.15, 0.2) is 42.5 Å². The van der Waals surface area contributed by atoms with Crippen LogP contribution in [0.1, 0.15) is 21.5 Å². The van der Waals surface area contributed by atoms with Crippen molar-refractivity contribution in [2.75, 3.05) is 26.3 Å². The minimum Gasteiger partial charge on any atom is -0.374 e. The van der Waals surface area contributed by atoms with Crippen molar-refractivity contribution in [3.8, 4) is 6.07 Å². The molecule has 140 valence electrons. The monoisotopic (exact) mass is 404 g/mol. The molecule has 0 aromatic heterocycles. The van der Waals surface area contributed by atoms with Crippen molar-refractivity contribution in [2.45, 2.75) is 12.7 Å². The van der Waals surface area contributed by atoms with Crippen LogP contribution in [0, 0.1) is 11.3 Å². The maximum absolute atomic E-state index is 12.8. The molecule has 3 rings (SSSR count). The molecule has 2 aromatic rings. The molecule has 1 fully saturated rings. The third-order valence-electron chi connectivity index (χ3n) is 4.32. The van der Waals surface area contributed by atoms with Crippen LogP contribution < -0.4 is 0 Å². The summed E-state index contributed by atoms with van der Waals surface area (Å²) in [6.07, 6.45) is -0.252. The first-order valence-electron chi connectivity index (χ1n) is 8.50. The van der Waals surface area contributed by atoms with Crippen LogP contribution in [0.4, 0.5) is 0 Å². The highest BCUT2D eigenvalue weighted by molar-refractivity contribution is 6.35. The summed E-state index contributed by atoms with van der Waals surface area (Å²) in [6.45, 7) is 1.87. The quantitative estimate of drug-likeness (QED) is 0.757. The first-order chi connectivity index (χ1) is 13.1. The zero-order valence-electron chi connectivity index (χ0n) is 14.5. The molecule has 1 aliphatic rings. The van der Waals surface area contributed by atoms with Gasteiger partial charge in [0.1, 0.15) is 0 Å². The van der Waals surface area contributed by atoms with Gasteiger partial charge in [-0.15, -0.1) is 0 Å². The van der Waals surface area contributed by atoms with Gasteiger partial charge in [0.15, 0.2) is 0 Å². The highest BCUT2D eigenvalue weighted by Gasteiger charge is 2.26. The zero-order valence-corrected chi connectivity index (χ0v) is 16.0. The van der Waals surface area contributed by atoms with Crippen molar-refractivity contribution in [3.63, 3.8) is 0 Å². The van der Waals surface area contributed by atoms with Crippen molar-refractivity contribution in [1.82, 2.24) is 4.90 Å². The first-order valence-corrected chi connectivity index (χ1v) is 9.26. The van der Waals surface area contributed by atoms with Crippen molar-refractivity contribution in [1.29, 1.82) is 5.26 Å². The third-order valence-corrected chi connectivity index (χ3v) is 5.02. The van der Waals surface area contributed by atoms with Gasteiger partial charge >= 0.3 is 0 Å². The van der Waals surface area contributed by atoms with Crippen molar-refractivity contribution < 1.29 is 14.3 Å². The van der Waals surface area contributed by atoms with Crippen molar-refractivity contribution in [3.05, 3.63) is 69.2 Å². The summed E-state index contributed by atoms with van der Waals surface area (Å²) in [7, 11) is 0. The summed E-state index contributed by atoms with van der Waals surface area (Å²) >= 11 is 12.3. The number of hydrogen-bond donors (Lipinski definition) is 0. The second-order valence-corrected chi connectivity index (χ2v) is 6.93. The fourth-order valence-electron chi connectivity index (χ4n) is 2.90. The molecular formula is C20H18Cl2N2O3. The van der Waals surface area contributed by atoms with Crippen LogP contribution in [-0.2, 0) is 16.1 Å². The van der Waals surface area contributed by atoms with Gasteiger partial charge < -0.3 is 14.4 Å². The number of carbonyl (C=O) groups is 1. The topological polar surface area (TPSA) is 62.6 Å². The van der Waals surface area contributed by atoms with Gasteiger partial charge in [0, 0.05) is 28.7 Å². The minimum atomic E-state index is -0.252. The number of rotatable bonds is 5.